The van der Waals surface area contributed by atoms with Gasteiger partial charge in [-0.3, -0.25) is 24.1 Å². The van der Waals surface area contributed by atoms with Crippen LogP contribution in [0.25, 0.3) is 0 Å². The maximum atomic E-state index is 12.7. The third kappa shape index (κ3) is 2.13. The van der Waals surface area contributed by atoms with Gasteiger partial charge in [0.25, 0.3) is 17.7 Å². The second-order valence-corrected chi connectivity index (χ2v) is 5.83. The first kappa shape index (κ1) is 15.1. The Hall–Kier alpha value is -3.48. The first-order valence-corrected chi connectivity index (χ1v) is 7.62. The molecule has 0 radical (unpaired) electrons. The molecule has 2 heterocycles. The molecule has 0 spiro atoms. The smallest absolute Gasteiger partial charge is 0.262 e. The summed E-state index contributed by atoms with van der Waals surface area (Å²) < 4.78 is 0. The van der Waals surface area contributed by atoms with E-state index < -0.39 is 29.7 Å². The Morgan fingerprint density at radius 3 is 1.96 bits per heavy atom. The number of carbonyl (C=O) groups is 4. The lowest BCUT2D eigenvalue weighted by atomic mass is 10.1. The van der Waals surface area contributed by atoms with Gasteiger partial charge in [0.1, 0.15) is 11.8 Å². The standard InChI is InChI=1S/C18H12N2O5/c21-11-7-5-10(6-8-11)19-15(22)9-14(18(19)25)20-16(23)12-3-1-2-4-13(12)17(20)24/h1-8,14,21H,9H2. The molecule has 0 aromatic heterocycles. The Bertz CT molecular complexity index is 900. The van der Waals surface area contributed by atoms with E-state index in [1.54, 1.807) is 12.1 Å². The lowest BCUT2D eigenvalue weighted by Crippen LogP contribution is -2.45. The molecule has 124 valence electrons. The van der Waals surface area contributed by atoms with Crippen LogP contribution in [-0.4, -0.2) is 39.7 Å². The molecule has 1 N–H and O–H groups in total. The van der Waals surface area contributed by atoms with E-state index in [-0.39, 0.29) is 29.0 Å². The Balaban J connectivity index is 1.68. The summed E-state index contributed by atoms with van der Waals surface area (Å²) in [5.41, 5.74) is 0.749. The molecule has 4 amide bonds. The molecular weight excluding hydrogens is 324 g/mol. The van der Waals surface area contributed by atoms with Crippen LogP contribution in [0.4, 0.5) is 5.69 Å². The lowest BCUT2D eigenvalue weighted by molar-refractivity contribution is -0.122. The van der Waals surface area contributed by atoms with Crippen molar-refractivity contribution in [3.63, 3.8) is 0 Å². The van der Waals surface area contributed by atoms with Gasteiger partial charge in [-0.25, -0.2) is 4.90 Å². The summed E-state index contributed by atoms with van der Waals surface area (Å²) in [6.07, 6.45) is -0.259. The molecule has 4 rings (SSSR count). The second kappa shape index (κ2) is 5.27. The second-order valence-electron chi connectivity index (χ2n) is 5.83. The number of fused-ring (bicyclic) bond motifs is 1. The summed E-state index contributed by atoms with van der Waals surface area (Å²) in [6.45, 7) is 0. The molecule has 7 heteroatoms. The minimum Gasteiger partial charge on any atom is -0.508 e. The Morgan fingerprint density at radius 2 is 1.40 bits per heavy atom. The van der Waals surface area contributed by atoms with E-state index in [1.165, 1.54) is 36.4 Å². The van der Waals surface area contributed by atoms with E-state index in [0.717, 1.165) is 9.80 Å². The fourth-order valence-electron chi connectivity index (χ4n) is 3.18. The zero-order valence-electron chi connectivity index (χ0n) is 12.9. The van der Waals surface area contributed by atoms with E-state index in [2.05, 4.69) is 0 Å². The van der Waals surface area contributed by atoms with Crippen LogP contribution in [0.2, 0.25) is 0 Å². The molecule has 1 saturated heterocycles. The van der Waals surface area contributed by atoms with Crippen LogP contribution in [0, 0.1) is 0 Å². The average Bonchev–Trinajstić information content (AvgIpc) is 3.03. The van der Waals surface area contributed by atoms with Crippen molar-refractivity contribution in [1.82, 2.24) is 4.90 Å². The van der Waals surface area contributed by atoms with Crippen LogP contribution < -0.4 is 4.90 Å². The Kier molecular flexibility index (Phi) is 3.18. The molecule has 1 atom stereocenters. The number of rotatable bonds is 2. The van der Waals surface area contributed by atoms with E-state index in [4.69, 9.17) is 0 Å². The van der Waals surface area contributed by atoms with Gasteiger partial charge in [-0.2, -0.15) is 0 Å². The number of hydrogen-bond donors (Lipinski definition) is 1. The van der Waals surface area contributed by atoms with Crippen molar-refractivity contribution in [1.29, 1.82) is 0 Å². The SMILES string of the molecule is O=C1CC(N2C(=O)c3ccccc3C2=O)C(=O)N1c1ccc(O)cc1. The Labute approximate surface area is 142 Å². The molecule has 1 fully saturated rings. The maximum absolute atomic E-state index is 12.7. The van der Waals surface area contributed by atoms with Crippen LogP contribution in [-0.2, 0) is 9.59 Å². The average molecular weight is 336 g/mol. The van der Waals surface area contributed by atoms with E-state index in [1.807, 2.05) is 0 Å². The molecule has 2 aliphatic rings. The fraction of sp³-hybridized carbons (Fsp3) is 0.111. The number of phenolic OH excluding ortho intramolecular Hbond substituents is 1. The molecule has 2 aliphatic heterocycles. The number of carbonyl (C=O) groups excluding carboxylic acids is 4. The quantitative estimate of drug-likeness (QED) is 0.835. The number of imide groups is 2. The first-order chi connectivity index (χ1) is 12.0. The van der Waals surface area contributed by atoms with Crippen LogP contribution in [0.1, 0.15) is 27.1 Å². The van der Waals surface area contributed by atoms with Gasteiger partial charge in [0.15, 0.2) is 0 Å². The van der Waals surface area contributed by atoms with Gasteiger partial charge in [0.2, 0.25) is 5.91 Å². The largest absolute Gasteiger partial charge is 0.508 e. The predicted molar refractivity (Wildman–Crippen MR) is 85.9 cm³/mol. The predicted octanol–water partition coefficient (Wildman–Crippen LogP) is 1.32. The highest BCUT2D eigenvalue weighted by molar-refractivity contribution is 6.28. The molecule has 2 aromatic carbocycles. The van der Waals surface area contributed by atoms with Gasteiger partial charge in [0.05, 0.1) is 23.2 Å². The first-order valence-electron chi connectivity index (χ1n) is 7.62. The summed E-state index contributed by atoms with van der Waals surface area (Å²) in [7, 11) is 0. The molecular formula is C18H12N2O5. The highest BCUT2D eigenvalue weighted by atomic mass is 16.3. The topological polar surface area (TPSA) is 95.0 Å². The number of hydrogen-bond acceptors (Lipinski definition) is 5. The monoisotopic (exact) mass is 336 g/mol. The zero-order chi connectivity index (χ0) is 17.7. The summed E-state index contributed by atoms with van der Waals surface area (Å²) in [5, 5.41) is 9.34. The lowest BCUT2D eigenvalue weighted by Gasteiger charge is -2.20. The number of anilines is 1. The summed E-state index contributed by atoms with van der Waals surface area (Å²) in [5.74, 6) is -2.28. The van der Waals surface area contributed by atoms with Gasteiger partial charge in [-0.05, 0) is 36.4 Å². The minimum absolute atomic E-state index is 0.000238. The summed E-state index contributed by atoms with van der Waals surface area (Å²) in [6, 6.07) is 10.7. The Morgan fingerprint density at radius 1 is 0.840 bits per heavy atom. The van der Waals surface area contributed by atoms with Gasteiger partial charge < -0.3 is 5.11 Å². The van der Waals surface area contributed by atoms with Crippen LogP contribution in [0.5, 0.6) is 5.75 Å². The fourth-order valence-corrected chi connectivity index (χ4v) is 3.18. The van der Waals surface area contributed by atoms with Crippen molar-refractivity contribution in [2.75, 3.05) is 4.90 Å². The van der Waals surface area contributed by atoms with Gasteiger partial charge in [-0.1, -0.05) is 12.1 Å². The van der Waals surface area contributed by atoms with Crippen molar-refractivity contribution in [3.8, 4) is 5.75 Å². The van der Waals surface area contributed by atoms with Crippen molar-refractivity contribution in [2.24, 2.45) is 0 Å². The number of aromatic hydroxyl groups is 1. The normalized spacial score (nSPS) is 19.8. The number of nitrogens with zero attached hydrogens (tertiary/aromatic N) is 2. The van der Waals surface area contributed by atoms with E-state index in [9.17, 15) is 24.3 Å². The van der Waals surface area contributed by atoms with E-state index >= 15 is 0 Å². The molecule has 2 aromatic rings. The molecule has 25 heavy (non-hydrogen) atoms. The van der Waals surface area contributed by atoms with Gasteiger partial charge in [-0.15, -0.1) is 0 Å². The molecule has 7 nitrogen and oxygen atoms in total. The molecule has 0 bridgehead atoms. The van der Waals surface area contributed by atoms with Gasteiger partial charge in [0, 0.05) is 0 Å². The summed E-state index contributed by atoms with van der Waals surface area (Å²) >= 11 is 0. The van der Waals surface area contributed by atoms with Crippen LogP contribution in [0.3, 0.4) is 0 Å². The van der Waals surface area contributed by atoms with Gasteiger partial charge >= 0.3 is 0 Å². The zero-order valence-corrected chi connectivity index (χ0v) is 12.9. The highest BCUT2D eigenvalue weighted by Crippen LogP contribution is 2.32. The number of benzene rings is 2. The van der Waals surface area contributed by atoms with Crippen LogP contribution >= 0.6 is 0 Å². The number of phenols is 1. The third-order valence-electron chi connectivity index (χ3n) is 4.37. The van der Waals surface area contributed by atoms with Crippen molar-refractivity contribution >= 4 is 29.3 Å². The van der Waals surface area contributed by atoms with E-state index in [0.29, 0.717) is 0 Å². The van der Waals surface area contributed by atoms with Crippen LogP contribution in [0.15, 0.2) is 48.5 Å². The third-order valence-corrected chi connectivity index (χ3v) is 4.37. The minimum atomic E-state index is -1.16. The van der Waals surface area contributed by atoms with Crippen molar-refractivity contribution in [2.45, 2.75) is 12.5 Å². The highest BCUT2D eigenvalue weighted by Gasteiger charge is 2.50. The molecule has 0 aliphatic carbocycles. The maximum Gasteiger partial charge on any atom is 0.262 e. The summed E-state index contributed by atoms with van der Waals surface area (Å²) in [4.78, 5) is 51.9. The van der Waals surface area contributed by atoms with Crippen molar-refractivity contribution < 1.29 is 24.3 Å². The van der Waals surface area contributed by atoms with Crippen molar-refractivity contribution in [3.05, 3.63) is 59.7 Å². The number of amides is 4. The molecule has 1 unspecified atom stereocenters. The molecule has 0 saturated carbocycles.